The molecule has 2 atom stereocenters. The molecule has 1 aromatic rings. The predicted molar refractivity (Wildman–Crippen MR) is 86.3 cm³/mol. The van der Waals surface area contributed by atoms with Crippen LogP contribution < -0.4 is 5.32 Å². The molecule has 1 amide bonds. The molecule has 2 unspecified atom stereocenters. The van der Waals surface area contributed by atoms with Gasteiger partial charge in [-0.15, -0.1) is 5.10 Å². The zero-order valence-electron chi connectivity index (χ0n) is 13.8. The SMILES string of the molecule is CC1CN2CCCC2CN1C(=O)c1cn(C2CCNCC2)nn1. The average Bonchev–Trinajstić information content (AvgIpc) is 3.23. The zero-order valence-corrected chi connectivity index (χ0v) is 13.8. The lowest BCUT2D eigenvalue weighted by atomic mass is 10.1. The number of rotatable bonds is 2. The van der Waals surface area contributed by atoms with Crippen LogP contribution >= 0.6 is 0 Å². The van der Waals surface area contributed by atoms with Crippen LogP contribution in [0.15, 0.2) is 6.20 Å². The third-order valence-corrected chi connectivity index (χ3v) is 5.61. The molecular formula is C16H26N6O. The molecular weight excluding hydrogens is 292 g/mol. The molecule has 4 rings (SSSR count). The number of carbonyl (C=O) groups excluding carboxylic acids is 1. The summed E-state index contributed by atoms with van der Waals surface area (Å²) in [5.74, 6) is 0.0456. The van der Waals surface area contributed by atoms with E-state index in [9.17, 15) is 4.79 Å². The monoisotopic (exact) mass is 318 g/mol. The number of nitrogens with one attached hydrogen (secondary N) is 1. The van der Waals surface area contributed by atoms with Gasteiger partial charge in [0.1, 0.15) is 0 Å². The first-order valence-corrected chi connectivity index (χ1v) is 8.90. The van der Waals surface area contributed by atoms with Gasteiger partial charge < -0.3 is 10.2 Å². The van der Waals surface area contributed by atoms with Crippen molar-refractivity contribution in [1.29, 1.82) is 0 Å². The second-order valence-electron chi connectivity index (χ2n) is 7.16. The van der Waals surface area contributed by atoms with Crippen molar-refractivity contribution < 1.29 is 4.79 Å². The highest BCUT2D eigenvalue weighted by Gasteiger charge is 2.37. The van der Waals surface area contributed by atoms with E-state index in [4.69, 9.17) is 0 Å². The van der Waals surface area contributed by atoms with Crippen molar-refractivity contribution >= 4 is 5.91 Å². The molecule has 3 saturated heterocycles. The first-order chi connectivity index (χ1) is 11.2. The smallest absolute Gasteiger partial charge is 0.276 e. The second-order valence-corrected chi connectivity index (χ2v) is 7.16. The molecule has 1 aromatic heterocycles. The molecule has 7 nitrogen and oxygen atoms in total. The summed E-state index contributed by atoms with van der Waals surface area (Å²) in [5.41, 5.74) is 0.502. The number of nitrogens with zero attached hydrogens (tertiary/aromatic N) is 5. The molecule has 126 valence electrons. The number of hydrogen-bond acceptors (Lipinski definition) is 5. The van der Waals surface area contributed by atoms with Gasteiger partial charge in [0.25, 0.3) is 5.91 Å². The first-order valence-electron chi connectivity index (χ1n) is 8.90. The van der Waals surface area contributed by atoms with Gasteiger partial charge in [-0.3, -0.25) is 9.69 Å². The lowest BCUT2D eigenvalue weighted by molar-refractivity contribution is 0.0390. The van der Waals surface area contributed by atoms with E-state index in [1.165, 1.54) is 19.4 Å². The van der Waals surface area contributed by atoms with Crippen molar-refractivity contribution in [3.8, 4) is 0 Å². The number of fused-ring (bicyclic) bond motifs is 1. The molecule has 0 saturated carbocycles. The van der Waals surface area contributed by atoms with E-state index in [1.807, 2.05) is 15.8 Å². The fourth-order valence-electron chi connectivity index (χ4n) is 4.24. The van der Waals surface area contributed by atoms with Gasteiger partial charge in [-0.2, -0.15) is 0 Å². The van der Waals surface area contributed by atoms with Crippen molar-refractivity contribution in [3.05, 3.63) is 11.9 Å². The van der Waals surface area contributed by atoms with E-state index in [1.54, 1.807) is 0 Å². The highest BCUT2D eigenvalue weighted by Crippen LogP contribution is 2.25. The maximum Gasteiger partial charge on any atom is 0.276 e. The first kappa shape index (κ1) is 15.1. The van der Waals surface area contributed by atoms with Crippen molar-refractivity contribution in [2.75, 3.05) is 32.7 Å². The molecule has 0 aromatic carbocycles. The summed E-state index contributed by atoms with van der Waals surface area (Å²) < 4.78 is 1.89. The predicted octanol–water partition coefficient (Wildman–Crippen LogP) is 0.511. The Kier molecular flexibility index (Phi) is 4.07. The molecule has 0 aliphatic carbocycles. The molecule has 7 heteroatoms. The Bertz CT molecular complexity index is 567. The Balaban J connectivity index is 1.47. The lowest BCUT2D eigenvalue weighted by Crippen LogP contribution is -2.56. The summed E-state index contributed by atoms with van der Waals surface area (Å²) in [6.07, 6.45) is 6.41. The fraction of sp³-hybridized carbons (Fsp3) is 0.812. The molecule has 4 heterocycles. The topological polar surface area (TPSA) is 66.3 Å². The highest BCUT2D eigenvalue weighted by molar-refractivity contribution is 5.92. The summed E-state index contributed by atoms with van der Waals surface area (Å²) >= 11 is 0. The quantitative estimate of drug-likeness (QED) is 0.861. The molecule has 23 heavy (non-hydrogen) atoms. The molecule has 0 radical (unpaired) electrons. The lowest BCUT2D eigenvalue weighted by Gasteiger charge is -2.41. The Labute approximate surface area is 137 Å². The van der Waals surface area contributed by atoms with Crippen LogP contribution in [-0.4, -0.2) is 75.5 Å². The van der Waals surface area contributed by atoms with Crippen LogP contribution in [0.3, 0.4) is 0 Å². The van der Waals surface area contributed by atoms with Crippen LogP contribution in [0.1, 0.15) is 49.1 Å². The number of hydrogen-bond donors (Lipinski definition) is 1. The Morgan fingerprint density at radius 3 is 2.87 bits per heavy atom. The van der Waals surface area contributed by atoms with Gasteiger partial charge in [0, 0.05) is 25.2 Å². The maximum absolute atomic E-state index is 12.9. The van der Waals surface area contributed by atoms with Crippen molar-refractivity contribution in [3.63, 3.8) is 0 Å². The van der Waals surface area contributed by atoms with Gasteiger partial charge in [0.05, 0.1) is 12.2 Å². The summed E-state index contributed by atoms with van der Waals surface area (Å²) in [4.78, 5) is 17.4. The largest absolute Gasteiger partial charge is 0.332 e. The van der Waals surface area contributed by atoms with Crippen LogP contribution in [0.25, 0.3) is 0 Å². The molecule has 0 spiro atoms. The van der Waals surface area contributed by atoms with E-state index >= 15 is 0 Å². The van der Waals surface area contributed by atoms with Gasteiger partial charge in [-0.25, -0.2) is 4.68 Å². The van der Waals surface area contributed by atoms with Crippen molar-refractivity contribution in [1.82, 2.24) is 30.1 Å². The van der Waals surface area contributed by atoms with Gasteiger partial charge in [-0.05, 0) is 52.2 Å². The van der Waals surface area contributed by atoms with E-state index < -0.39 is 0 Å². The second kappa shape index (κ2) is 6.20. The van der Waals surface area contributed by atoms with Crippen LogP contribution in [0.2, 0.25) is 0 Å². The van der Waals surface area contributed by atoms with E-state index in [0.29, 0.717) is 17.8 Å². The van der Waals surface area contributed by atoms with Gasteiger partial charge in [0.15, 0.2) is 5.69 Å². The minimum Gasteiger partial charge on any atom is -0.332 e. The van der Waals surface area contributed by atoms with E-state index in [0.717, 1.165) is 39.0 Å². The van der Waals surface area contributed by atoms with E-state index in [2.05, 4.69) is 27.5 Å². The van der Waals surface area contributed by atoms with E-state index in [-0.39, 0.29) is 11.9 Å². The normalized spacial score (nSPS) is 29.7. The van der Waals surface area contributed by atoms with Gasteiger partial charge in [-0.1, -0.05) is 5.21 Å². The molecule has 1 N–H and O–H groups in total. The Morgan fingerprint density at radius 2 is 2.04 bits per heavy atom. The Hall–Kier alpha value is -1.47. The van der Waals surface area contributed by atoms with Crippen LogP contribution in [0.5, 0.6) is 0 Å². The highest BCUT2D eigenvalue weighted by atomic mass is 16.2. The number of piperidine rings is 1. The van der Waals surface area contributed by atoms with Crippen LogP contribution in [-0.2, 0) is 0 Å². The fourth-order valence-corrected chi connectivity index (χ4v) is 4.24. The number of piperazine rings is 1. The molecule has 3 aliphatic rings. The summed E-state index contributed by atoms with van der Waals surface area (Å²) in [5, 5.41) is 11.8. The van der Waals surface area contributed by atoms with Crippen molar-refractivity contribution in [2.45, 2.75) is 50.7 Å². The zero-order chi connectivity index (χ0) is 15.8. The minimum absolute atomic E-state index is 0.0456. The van der Waals surface area contributed by atoms with Gasteiger partial charge >= 0.3 is 0 Å². The minimum atomic E-state index is 0.0456. The Morgan fingerprint density at radius 1 is 1.22 bits per heavy atom. The summed E-state index contributed by atoms with van der Waals surface area (Å²) in [7, 11) is 0. The number of carbonyl (C=O) groups is 1. The summed E-state index contributed by atoms with van der Waals surface area (Å²) in [6.45, 7) is 7.16. The van der Waals surface area contributed by atoms with Crippen molar-refractivity contribution in [2.24, 2.45) is 0 Å². The average molecular weight is 318 g/mol. The van der Waals surface area contributed by atoms with Gasteiger partial charge in [0.2, 0.25) is 0 Å². The summed E-state index contributed by atoms with van der Waals surface area (Å²) in [6, 6.07) is 1.16. The number of aromatic nitrogens is 3. The van der Waals surface area contributed by atoms with Crippen LogP contribution in [0.4, 0.5) is 0 Å². The third kappa shape index (κ3) is 2.87. The standard InChI is InChI=1S/C16H26N6O/c1-12-9-20-8-2-3-14(20)10-21(12)16(23)15-11-22(19-18-15)13-4-6-17-7-5-13/h11-14,17H,2-10H2,1H3. The third-order valence-electron chi connectivity index (χ3n) is 5.61. The number of amides is 1. The maximum atomic E-state index is 12.9. The van der Waals surface area contributed by atoms with Crippen LogP contribution in [0, 0.1) is 0 Å². The molecule has 3 aliphatic heterocycles. The molecule has 3 fully saturated rings. The molecule has 0 bridgehead atoms.